The van der Waals surface area contributed by atoms with Crippen molar-refractivity contribution in [3.05, 3.63) is 241 Å². The van der Waals surface area contributed by atoms with Crippen LogP contribution in [0.15, 0.2) is 218 Å². The van der Waals surface area contributed by atoms with E-state index in [1.807, 2.05) is 0 Å². The number of rotatable bonds is 8. The van der Waals surface area contributed by atoms with Crippen LogP contribution in [0.5, 0.6) is 0 Å². The molecule has 9 aromatic rings. The molecule has 0 amide bonds. The molecule has 0 saturated heterocycles. The van der Waals surface area contributed by atoms with Gasteiger partial charge in [0.25, 0.3) is 0 Å². The van der Waals surface area contributed by atoms with Gasteiger partial charge in [-0.05, 0) is 140 Å². The summed E-state index contributed by atoms with van der Waals surface area (Å²) in [4.78, 5) is 4.75. The van der Waals surface area contributed by atoms with Crippen molar-refractivity contribution in [1.29, 1.82) is 0 Å². The molecule has 9 aromatic carbocycles. The van der Waals surface area contributed by atoms with Crippen LogP contribution in [-0.4, -0.2) is 0 Å². The van der Waals surface area contributed by atoms with Crippen LogP contribution in [0.1, 0.15) is 49.9 Å². The van der Waals surface area contributed by atoms with Gasteiger partial charge < -0.3 is 9.80 Å². The van der Waals surface area contributed by atoms with Crippen molar-refractivity contribution in [3.8, 4) is 44.5 Å². The summed E-state index contributed by atoms with van der Waals surface area (Å²) < 4.78 is 0. The highest BCUT2D eigenvalue weighted by Gasteiger charge is 2.37. The van der Waals surface area contributed by atoms with Gasteiger partial charge in [0.2, 0.25) is 0 Å². The molecule has 0 spiro atoms. The van der Waals surface area contributed by atoms with E-state index in [2.05, 4.69) is 256 Å². The van der Waals surface area contributed by atoms with Crippen molar-refractivity contribution in [3.63, 3.8) is 0 Å². The van der Waals surface area contributed by atoms with Crippen molar-refractivity contribution in [2.75, 3.05) is 9.80 Å². The van der Waals surface area contributed by atoms with E-state index in [0.29, 0.717) is 0 Å². The van der Waals surface area contributed by atoms with Gasteiger partial charge in [-0.3, -0.25) is 0 Å². The first kappa shape index (κ1) is 37.6. The average molecular weight is 797 g/mol. The zero-order valence-electron chi connectivity index (χ0n) is 35.7. The van der Waals surface area contributed by atoms with Crippen molar-refractivity contribution in [1.82, 2.24) is 0 Å². The molecule has 0 aliphatic heterocycles. The highest BCUT2D eigenvalue weighted by atomic mass is 15.1. The molecule has 0 radical (unpaired) electrons. The number of hydrogen-bond acceptors (Lipinski definition) is 2. The Balaban J connectivity index is 0.866. The zero-order valence-corrected chi connectivity index (χ0v) is 35.7. The van der Waals surface area contributed by atoms with E-state index in [9.17, 15) is 0 Å². The predicted octanol–water partition coefficient (Wildman–Crippen LogP) is 16.6. The topological polar surface area (TPSA) is 6.48 Å². The third kappa shape index (κ3) is 6.17. The van der Waals surface area contributed by atoms with Crippen molar-refractivity contribution in [2.45, 2.75) is 38.5 Å². The second-order valence-electron chi connectivity index (χ2n) is 17.8. The van der Waals surface area contributed by atoms with Gasteiger partial charge in [-0.25, -0.2) is 0 Å². The molecule has 0 saturated carbocycles. The summed E-state index contributed by atoms with van der Waals surface area (Å²) in [6.45, 7) is 9.38. The smallest absolute Gasteiger partial charge is 0.0465 e. The van der Waals surface area contributed by atoms with Crippen LogP contribution < -0.4 is 9.80 Å². The van der Waals surface area contributed by atoms with Crippen LogP contribution in [-0.2, 0) is 10.8 Å². The number of benzene rings is 9. The van der Waals surface area contributed by atoms with E-state index >= 15 is 0 Å². The lowest BCUT2D eigenvalue weighted by atomic mass is 9.82. The quantitative estimate of drug-likeness (QED) is 0.151. The molecule has 0 unspecified atom stereocenters. The second-order valence-corrected chi connectivity index (χ2v) is 17.8. The minimum atomic E-state index is -0.0704. The standard InChI is InChI=1S/C60H48N2/c1-59(2)55-21-13-11-19-51(55)53-37-35-49(39-57(53)59)61(45-15-7-5-8-16-45)47-31-27-43(28-32-47)41-23-25-42(26-24-41)44-29-33-48(34-30-44)62(46-17-9-6-10-18-46)50-36-38-54-52-20-12-14-22-56(52)60(3,4)58(54)40-50/h5-40H,1-4H3. The van der Waals surface area contributed by atoms with E-state index in [0.717, 1.165) is 34.1 Å². The van der Waals surface area contributed by atoms with Gasteiger partial charge in [-0.2, -0.15) is 0 Å². The summed E-state index contributed by atoms with van der Waals surface area (Å²) in [5.41, 5.74) is 22.3. The molecular weight excluding hydrogens is 749 g/mol. The molecule has 298 valence electrons. The van der Waals surface area contributed by atoms with E-state index in [4.69, 9.17) is 0 Å². The lowest BCUT2D eigenvalue weighted by molar-refractivity contribution is 0.660. The SMILES string of the molecule is CC1(C)c2ccccc2-c2ccc(N(c3ccccc3)c3ccc(-c4ccc(-c5ccc(N(c6ccccc6)c6ccc7c(c6)C(C)(C)c6ccccc6-7)cc5)cc4)cc3)cc21. The highest BCUT2D eigenvalue weighted by Crippen LogP contribution is 2.52. The third-order valence-electron chi connectivity index (χ3n) is 13.5. The number of nitrogens with zero attached hydrogens (tertiary/aromatic N) is 2. The Hall–Kier alpha value is -7.42. The van der Waals surface area contributed by atoms with Gasteiger partial charge in [0.05, 0.1) is 0 Å². The molecule has 11 rings (SSSR count). The predicted molar refractivity (Wildman–Crippen MR) is 262 cm³/mol. The fourth-order valence-electron chi connectivity index (χ4n) is 10.2. The number of hydrogen-bond donors (Lipinski definition) is 0. The lowest BCUT2D eigenvalue weighted by Gasteiger charge is -2.28. The van der Waals surface area contributed by atoms with Gasteiger partial charge in [0.1, 0.15) is 0 Å². The molecule has 62 heavy (non-hydrogen) atoms. The molecule has 0 fully saturated rings. The Morgan fingerprint density at radius 2 is 0.516 bits per heavy atom. The van der Waals surface area contributed by atoms with Gasteiger partial charge >= 0.3 is 0 Å². The summed E-state index contributed by atoms with van der Waals surface area (Å²) in [6, 6.07) is 80.0. The molecule has 0 heterocycles. The first-order valence-electron chi connectivity index (χ1n) is 21.8. The highest BCUT2D eigenvalue weighted by molar-refractivity contribution is 5.88. The van der Waals surface area contributed by atoms with Crippen LogP contribution in [0.3, 0.4) is 0 Å². The number of para-hydroxylation sites is 2. The zero-order chi connectivity index (χ0) is 42.0. The molecule has 0 bridgehead atoms. The average Bonchev–Trinajstić information content (AvgIpc) is 3.69. The van der Waals surface area contributed by atoms with Gasteiger partial charge in [0.15, 0.2) is 0 Å². The maximum atomic E-state index is 2.40. The summed E-state index contributed by atoms with van der Waals surface area (Å²) in [5, 5.41) is 0. The number of anilines is 6. The summed E-state index contributed by atoms with van der Waals surface area (Å²) in [5.74, 6) is 0. The van der Waals surface area contributed by atoms with E-state index in [-0.39, 0.29) is 10.8 Å². The van der Waals surface area contributed by atoms with Crippen molar-refractivity contribution < 1.29 is 0 Å². The first-order chi connectivity index (χ1) is 30.3. The van der Waals surface area contributed by atoms with Gasteiger partial charge in [-0.1, -0.05) is 173 Å². The van der Waals surface area contributed by atoms with E-state index in [1.54, 1.807) is 0 Å². The largest absolute Gasteiger partial charge is 0.310 e. The molecular formula is C60H48N2. The molecule has 2 heteroatoms. The van der Waals surface area contributed by atoms with Crippen molar-refractivity contribution >= 4 is 34.1 Å². The Morgan fingerprint density at radius 3 is 0.887 bits per heavy atom. The summed E-state index contributed by atoms with van der Waals surface area (Å²) in [7, 11) is 0. The van der Waals surface area contributed by atoms with Gasteiger partial charge in [-0.15, -0.1) is 0 Å². The third-order valence-corrected chi connectivity index (χ3v) is 13.5. The normalized spacial score (nSPS) is 13.7. The van der Waals surface area contributed by atoms with E-state index < -0.39 is 0 Å². The minimum absolute atomic E-state index is 0.0704. The first-order valence-corrected chi connectivity index (χ1v) is 21.8. The van der Waals surface area contributed by atoms with Crippen LogP contribution in [0.2, 0.25) is 0 Å². The Bertz CT molecular complexity index is 2880. The maximum Gasteiger partial charge on any atom is 0.0465 e. The summed E-state index contributed by atoms with van der Waals surface area (Å²) in [6.07, 6.45) is 0. The minimum Gasteiger partial charge on any atom is -0.310 e. The second kappa shape index (κ2) is 14.6. The van der Waals surface area contributed by atoms with Crippen LogP contribution in [0, 0.1) is 0 Å². The molecule has 0 atom stereocenters. The number of fused-ring (bicyclic) bond motifs is 6. The van der Waals surface area contributed by atoms with E-state index in [1.165, 1.54) is 66.8 Å². The van der Waals surface area contributed by atoms with Crippen LogP contribution >= 0.6 is 0 Å². The van der Waals surface area contributed by atoms with Crippen molar-refractivity contribution in [2.24, 2.45) is 0 Å². The monoisotopic (exact) mass is 796 g/mol. The van der Waals surface area contributed by atoms with Crippen LogP contribution in [0.25, 0.3) is 44.5 Å². The molecule has 2 aliphatic carbocycles. The molecule has 2 nitrogen and oxygen atoms in total. The lowest BCUT2D eigenvalue weighted by Crippen LogP contribution is -2.16. The summed E-state index contributed by atoms with van der Waals surface area (Å²) >= 11 is 0. The molecule has 2 aliphatic rings. The molecule has 0 aromatic heterocycles. The fourth-order valence-corrected chi connectivity index (χ4v) is 10.2. The Kier molecular flexibility index (Phi) is 8.87. The fraction of sp³-hybridized carbons (Fsp3) is 0.100. The Labute approximate surface area is 366 Å². The maximum absolute atomic E-state index is 2.40. The van der Waals surface area contributed by atoms with Crippen LogP contribution in [0.4, 0.5) is 34.1 Å². The Morgan fingerprint density at radius 1 is 0.242 bits per heavy atom. The molecule has 0 N–H and O–H groups in total. The van der Waals surface area contributed by atoms with Gasteiger partial charge in [0, 0.05) is 45.0 Å².